The third-order valence-electron chi connectivity index (χ3n) is 2.39. The van der Waals surface area contributed by atoms with Crippen molar-refractivity contribution in [3.8, 4) is 0 Å². The van der Waals surface area contributed by atoms with Gasteiger partial charge in [-0.2, -0.15) is 5.10 Å². The summed E-state index contributed by atoms with van der Waals surface area (Å²) in [5.41, 5.74) is 0.301. The third kappa shape index (κ3) is 2.80. The highest BCUT2D eigenvalue weighted by atomic mass is 16.6. The van der Waals surface area contributed by atoms with E-state index in [1.54, 1.807) is 13.8 Å². The van der Waals surface area contributed by atoms with Gasteiger partial charge in [-0.15, -0.1) is 0 Å². The Kier molecular flexibility index (Phi) is 3.82. The summed E-state index contributed by atoms with van der Waals surface area (Å²) in [4.78, 5) is 21.9. The van der Waals surface area contributed by atoms with Gasteiger partial charge in [0.2, 0.25) is 5.91 Å². The second-order valence-electron chi connectivity index (χ2n) is 4.16. The number of amides is 1. The maximum Gasteiger partial charge on any atom is 0.309 e. The topological polar surface area (TPSA) is 90.1 Å². The molecule has 7 nitrogen and oxygen atoms in total. The second kappa shape index (κ2) is 4.94. The second-order valence-corrected chi connectivity index (χ2v) is 4.16. The summed E-state index contributed by atoms with van der Waals surface area (Å²) in [6, 6.07) is -0.540. The fourth-order valence-electron chi connectivity index (χ4n) is 1.50. The largest absolute Gasteiger partial charge is 0.352 e. The molecule has 0 fully saturated rings. The lowest BCUT2D eigenvalue weighted by atomic mass is 10.2. The SMILES string of the molecule is Cc1c([N+](=O)[O-])cnn1C(C)C(=O)NC(C)C. The Morgan fingerprint density at radius 3 is 2.53 bits per heavy atom. The molecule has 0 saturated heterocycles. The molecule has 0 aliphatic rings. The number of aromatic nitrogens is 2. The molecular weight excluding hydrogens is 224 g/mol. The first-order chi connectivity index (χ1) is 7.84. The molecule has 0 aromatic carbocycles. The summed E-state index contributed by atoms with van der Waals surface area (Å²) in [5.74, 6) is -0.207. The lowest BCUT2D eigenvalue weighted by Gasteiger charge is -2.15. The zero-order chi connectivity index (χ0) is 13.2. The number of nitrogens with one attached hydrogen (secondary N) is 1. The van der Waals surface area contributed by atoms with Crippen LogP contribution in [0.2, 0.25) is 0 Å². The number of nitrogens with zero attached hydrogens (tertiary/aromatic N) is 3. The molecule has 0 spiro atoms. The van der Waals surface area contributed by atoms with Crippen LogP contribution in [0.25, 0.3) is 0 Å². The number of rotatable bonds is 4. The summed E-state index contributed by atoms with van der Waals surface area (Å²) in [7, 11) is 0. The van der Waals surface area contributed by atoms with Gasteiger partial charge in [0.15, 0.2) is 0 Å². The molecule has 17 heavy (non-hydrogen) atoms. The van der Waals surface area contributed by atoms with Crippen molar-refractivity contribution in [3.63, 3.8) is 0 Å². The van der Waals surface area contributed by atoms with Gasteiger partial charge >= 0.3 is 5.69 Å². The van der Waals surface area contributed by atoms with Gasteiger partial charge in [-0.25, -0.2) is 0 Å². The minimum Gasteiger partial charge on any atom is -0.352 e. The van der Waals surface area contributed by atoms with Gasteiger partial charge < -0.3 is 5.32 Å². The predicted octanol–water partition coefficient (Wildman–Crippen LogP) is 1.19. The van der Waals surface area contributed by atoms with E-state index in [1.165, 1.54) is 4.68 Å². The Hall–Kier alpha value is -1.92. The molecule has 1 amide bonds. The van der Waals surface area contributed by atoms with Crippen molar-refractivity contribution in [2.45, 2.75) is 39.8 Å². The number of hydrogen-bond donors (Lipinski definition) is 1. The number of carbonyl (C=O) groups is 1. The maximum atomic E-state index is 11.7. The van der Waals surface area contributed by atoms with Crippen LogP contribution in [0.15, 0.2) is 6.20 Å². The third-order valence-corrected chi connectivity index (χ3v) is 2.39. The molecule has 1 heterocycles. The zero-order valence-corrected chi connectivity index (χ0v) is 10.3. The summed E-state index contributed by atoms with van der Waals surface area (Å²) >= 11 is 0. The lowest BCUT2D eigenvalue weighted by Crippen LogP contribution is -2.36. The van der Waals surface area contributed by atoms with Crippen LogP contribution in [0.4, 0.5) is 5.69 Å². The quantitative estimate of drug-likeness (QED) is 0.632. The molecule has 94 valence electrons. The Morgan fingerprint density at radius 2 is 2.12 bits per heavy atom. The Bertz CT molecular complexity index is 439. The van der Waals surface area contributed by atoms with Crippen LogP contribution in [0, 0.1) is 17.0 Å². The van der Waals surface area contributed by atoms with Gasteiger partial charge in [0.1, 0.15) is 17.9 Å². The van der Waals surface area contributed by atoms with E-state index in [0.29, 0.717) is 5.69 Å². The Labute approximate surface area is 99.0 Å². The standard InChI is InChI=1S/C10H16N4O3/c1-6(2)12-10(15)8(4)13-7(3)9(5-11-13)14(16)17/h5-6,8H,1-4H3,(H,12,15). The molecule has 1 atom stereocenters. The van der Waals surface area contributed by atoms with E-state index < -0.39 is 11.0 Å². The van der Waals surface area contributed by atoms with Crippen molar-refractivity contribution < 1.29 is 9.72 Å². The molecule has 1 aromatic rings. The van der Waals surface area contributed by atoms with E-state index >= 15 is 0 Å². The lowest BCUT2D eigenvalue weighted by molar-refractivity contribution is -0.385. The highest BCUT2D eigenvalue weighted by Crippen LogP contribution is 2.19. The van der Waals surface area contributed by atoms with Crippen LogP contribution in [0.1, 0.15) is 32.5 Å². The smallest absolute Gasteiger partial charge is 0.309 e. The highest BCUT2D eigenvalue weighted by Gasteiger charge is 2.23. The number of nitro groups is 1. The fourth-order valence-corrected chi connectivity index (χ4v) is 1.50. The van der Waals surface area contributed by atoms with Crippen LogP contribution in [0.3, 0.4) is 0 Å². The minimum atomic E-state index is -0.564. The molecule has 0 radical (unpaired) electrons. The summed E-state index contributed by atoms with van der Waals surface area (Å²) in [6.07, 6.45) is 1.16. The molecule has 1 rings (SSSR count). The molecule has 0 aliphatic carbocycles. The van der Waals surface area contributed by atoms with Crippen molar-refractivity contribution in [1.82, 2.24) is 15.1 Å². The van der Waals surface area contributed by atoms with Crippen molar-refractivity contribution in [3.05, 3.63) is 22.0 Å². The first-order valence-corrected chi connectivity index (χ1v) is 5.33. The summed E-state index contributed by atoms with van der Waals surface area (Å²) in [5, 5.41) is 17.3. The van der Waals surface area contributed by atoms with Crippen LogP contribution in [-0.2, 0) is 4.79 Å². The molecule has 7 heteroatoms. The molecule has 1 N–H and O–H groups in total. The van der Waals surface area contributed by atoms with Crippen molar-refractivity contribution >= 4 is 11.6 Å². The Balaban J connectivity index is 2.93. The van der Waals surface area contributed by atoms with Crippen LogP contribution >= 0.6 is 0 Å². The molecule has 0 aliphatic heterocycles. The van der Waals surface area contributed by atoms with E-state index in [2.05, 4.69) is 10.4 Å². The van der Waals surface area contributed by atoms with E-state index in [-0.39, 0.29) is 17.6 Å². The van der Waals surface area contributed by atoms with Crippen molar-refractivity contribution in [2.24, 2.45) is 0 Å². The van der Waals surface area contributed by atoms with E-state index in [0.717, 1.165) is 6.20 Å². The van der Waals surface area contributed by atoms with E-state index in [1.807, 2.05) is 13.8 Å². The molecule has 1 unspecified atom stereocenters. The van der Waals surface area contributed by atoms with Gasteiger partial charge in [-0.05, 0) is 27.7 Å². The van der Waals surface area contributed by atoms with Crippen LogP contribution in [0.5, 0.6) is 0 Å². The van der Waals surface area contributed by atoms with Crippen LogP contribution < -0.4 is 5.32 Å². The van der Waals surface area contributed by atoms with Crippen molar-refractivity contribution in [2.75, 3.05) is 0 Å². The normalized spacial score (nSPS) is 12.5. The molecular formula is C10H16N4O3. The predicted molar refractivity (Wildman–Crippen MR) is 61.6 cm³/mol. The number of hydrogen-bond acceptors (Lipinski definition) is 4. The van der Waals surface area contributed by atoms with Gasteiger partial charge in [0.05, 0.1) is 4.92 Å². The number of carbonyl (C=O) groups excluding carboxylic acids is 1. The van der Waals surface area contributed by atoms with E-state index in [4.69, 9.17) is 0 Å². The van der Waals surface area contributed by atoms with Crippen molar-refractivity contribution in [1.29, 1.82) is 0 Å². The molecule has 1 aromatic heterocycles. The minimum absolute atomic E-state index is 0.0239. The molecule has 0 bridgehead atoms. The zero-order valence-electron chi connectivity index (χ0n) is 10.3. The van der Waals surface area contributed by atoms with Gasteiger partial charge in [0, 0.05) is 6.04 Å². The average Bonchev–Trinajstić information content (AvgIpc) is 2.57. The average molecular weight is 240 g/mol. The van der Waals surface area contributed by atoms with Gasteiger partial charge in [-0.1, -0.05) is 0 Å². The Morgan fingerprint density at radius 1 is 1.53 bits per heavy atom. The molecule has 0 saturated carbocycles. The monoisotopic (exact) mass is 240 g/mol. The van der Waals surface area contributed by atoms with Crippen LogP contribution in [-0.4, -0.2) is 26.7 Å². The first kappa shape index (κ1) is 13.1. The maximum absolute atomic E-state index is 11.7. The fraction of sp³-hybridized carbons (Fsp3) is 0.600. The highest BCUT2D eigenvalue weighted by molar-refractivity contribution is 5.80. The van der Waals surface area contributed by atoms with E-state index in [9.17, 15) is 14.9 Å². The van der Waals surface area contributed by atoms with Gasteiger partial charge in [-0.3, -0.25) is 19.6 Å². The summed E-state index contributed by atoms with van der Waals surface area (Å²) < 4.78 is 1.36. The summed E-state index contributed by atoms with van der Waals surface area (Å²) in [6.45, 7) is 6.93. The first-order valence-electron chi connectivity index (χ1n) is 5.33. The van der Waals surface area contributed by atoms with Gasteiger partial charge in [0.25, 0.3) is 0 Å².